The Morgan fingerprint density at radius 1 is 1.44 bits per heavy atom. The molecule has 0 N–H and O–H groups in total. The Morgan fingerprint density at radius 3 is 2.78 bits per heavy atom. The van der Waals surface area contributed by atoms with Crippen molar-refractivity contribution in [3.8, 4) is 0 Å². The molecule has 0 aliphatic heterocycles. The molecule has 7 heteroatoms. The molecule has 0 fully saturated rings. The van der Waals surface area contributed by atoms with Gasteiger partial charge in [-0.25, -0.2) is 13.4 Å². The van der Waals surface area contributed by atoms with E-state index in [1.807, 2.05) is 0 Å². The van der Waals surface area contributed by atoms with Gasteiger partial charge in [0, 0.05) is 28.9 Å². The molecule has 4 nitrogen and oxygen atoms in total. The third-order valence-corrected chi connectivity index (χ3v) is 4.91. The van der Waals surface area contributed by atoms with Crippen molar-refractivity contribution in [1.82, 2.24) is 9.55 Å². The third-order valence-electron chi connectivity index (χ3n) is 2.41. The zero-order valence-electron chi connectivity index (χ0n) is 9.47. The van der Waals surface area contributed by atoms with Crippen LogP contribution in [0, 0.1) is 0 Å². The first kappa shape index (κ1) is 13.6. The van der Waals surface area contributed by atoms with Crippen LogP contribution >= 0.6 is 27.5 Å². The van der Waals surface area contributed by atoms with Crippen molar-refractivity contribution in [3.63, 3.8) is 0 Å². The highest BCUT2D eigenvalue weighted by Crippen LogP contribution is 2.24. The van der Waals surface area contributed by atoms with E-state index in [1.54, 1.807) is 31.4 Å². The summed E-state index contributed by atoms with van der Waals surface area (Å²) in [4.78, 5) is 3.86. The second kappa shape index (κ2) is 5.03. The van der Waals surface area contributed by atoms with Crippen LogP contribution in [-0.4, -0.2) is 18.0 Å². The van der Waals surface area contributed by atoms with Crippen molar-refractivity contribution < 1.29 is 8.42 Å². The number of aryl methyl sites for hydroxylation is 1. The fraction of sp³-hybridized carbons (Fsp3) is 0.182. The summed E-state index contributed by atoms with van der Waals surface area (Å²) in [6.45, 7) is 0. The average molecular weight is 350 g/mol. The lowest BCUT2D eigenvalue weighted by Gasteiger charge is -2.06. The number of rotatable bonds is 3. The minimum Gasteiger partial charge on any atom is -0.325 e. The summed E-state index contributed by atoms with van der Waals surface area (Å²) in [5.41, 5.74) is 0.550. The molecule has 2 aromatic rings. The van der Waals surface area contributed by atoms with E-state index in [1.165, 1.54) is 10.8 Å². The van der Waals surface area contributed by atoms with E-state index < -0.39 is 9.84 Å². The topological polar surface area (TPSA) is 52.0 Å². The van der Waals surface area contributed by atoms with Crippen LogP contribution in [0.4, 0.5) is 0 Å². The highest BCUT2D eigenvalue weighted by molar-refractivity contribution is 9.10. The number of imidazole rings is 1. The van der Waals surface area contributed by atoms with Crippen LogP contribution in [0.5, 0.6) is 0 Å². The Bertz CT molecular complexity index is 682. The van der Waals surface area contributed by atoms with Crippen LogP contribution in [0.15, 0.2) is 40.2 Å². The van der Waals surface area contributed by atoms with Gasteiger partial charge in [-0.3, -0.25) is 0 Å². The maximum atomic E-state index is 12.2. The molecule has 2 rings (SSSR count). The summed E-state index contributed by atoms with van der Waals surface area (Å²) in [6, 6.07) is 5.12. The third kappa shape index (κ3) is 2.76. The van der Waals surface area contributed by atoms with Crippen LogP contribution in [0.1, 0.15) is 5.56 Å². The maximum Gasteiger partial charge on any atom is 0.227 e. The van der Waals surface area contributed by atoms with Gasteiger partial charge >= 0.3 is 0 Å². The maximum absolute atomic E-state index is 12.2. The first-order valence-corrected chi connectivity index (χ1v) is 7.86. The van der Waals surface area contributed by atoms with Crippen molar-refractivity contribution in [1.29, 1.82) is 0 Å². The number of benzene rings is 1. The molecule has 1 aromatic carbocycles. The predicted octanol–water partition coefficient (Wildman–Crippen LogP) is 2.81. The quantitative estimate of drug-likeness (QED) is 0.856. The van der Waals surface area contributed by atoms with E-state index >= 15 is 0 Å². The number of hydrogen-bond donors (Lipinski definition) is 0. The molecule has 0 spiro atoms. The van der Waals surface area contributed by atoms with E-state index in [0.29, 0.717) is 10.6 Å². The van der Waals surface area contributed by atoms with Gasteiger partial charge in [0.15, 0.2) is 0 Å². The molecule has 0 atom stereocenters. The van der Waals surface area contributed by atoms with Crippen molar-refractivity contribution in [2.75, 3.05) is 0 Å². The average Bonchev–Trinajstić information content (AvgIpc) is 2.70. The van der Waals surface area contributed by atoms with Gasteiger partial charge in [0.05, 0.1) is 5.75 Å². The van der Waals surface area contributed by atoms with Crippen LogP contribution in [0.25, 0.3) is 0 Å². The molecular formula is C11H10BrClN2O2S. The lowest BCUT2D eigenvalue weighted by Crippen LogP contribution is -2.11. The molecule has 0 aliphatic carbocycles. The lowest BCUT2D eigenvalue weighted by atomic mass is 10.2. The van der Waals surface area contributed by atoms with E-state index in [-0.39, 0.29) is 10.9 Å². The standard InChI is InChI=1S/C11H10BrClN2O2S/c1-15-5-4-14-11(15)18(16,17)7-8-6-9(12)2-3-10(8)13/h2-6H,7H2,1H3. The monoisotopic (exact) mass is 348 g/mol. The van der Waals surface area contributed by atoms with E-state index in [0.717, 1.165) is 4.47 Å². The van der Waals surface area contributed by atoms with Gasteiger partial charge in [-0.2, -0.15) is 0 Å². The van der Waals surface area contributed by atoms with Crippen molar-refractivity contribution in [2.45, 2.75) is 10.9 Å². The fourth-order valence-electron chi connectivity index (χ4n) is 1.57. The van der Waals surface area contributed by atoms with Crippen LogP contribution in [-0.2, 0) is 22.6 Å². The Kier molecular flexibility index (Phi) is 3.79. The Hall–Kier alpha value is -0.850. The Morgan fingerprint density at radius 2 is 2.17 bits per heavy atom. The number of aromatic nitrogens is 2. The van der Waals surface area contributed by atoms with Gasteiger partial charge in [-0.1, -0.05) is 27.5 Å². The number of sulfone groups is 1. The smallest absolute Gasteiger partial charge is 0.227 e. The summed E-state index contributed by atoms with van der Waals surface area (Å²) in [6.07, 6.45) is 3.05. The van der Waals surface area contributed by atoms with Crippen molar-refractivity contribution in [3.05, 3.63) is 45.7 Å². The SMILES string of the molecule is Cn1ccnc1S(=O)(=O)Cc1cc(Br)ccc1Cl. The molecule has 0 saturated heterocycles. The minimum atomic E-state index is -3.49. The molecule has 0 bridgehead atoms. The number of nitrogens with zero attached hydrogens (tertiary/aromatic N) is 2. The van der Waals surface area contributed by atoms with Crippen molar-refractivity contribution in [2.24, 2.45) is 7.05 Å². The minimum absolute atomic E-state index is 0.0403. The Balaban J connectivity index is 2.40. The van der Waals surface area contributed by atoms with Crippen LogP contribution in [0.3, 0.4) is 0 Å². The summed E-state index contributed by atoms with van der Waals surface area (Å²) in [5, 5.41) is 0.467. The second-order valence-electron chi connectivity index (χ2n) is 3.82. The van der Waals surface area contributed by atoms with E-state index in [2.05, 4.69) is 20.9 Å². The molecule has 0 amide bonds. The summed E-state index contributed by atoms with van der Waals surface area (Å²) < 4.78 is 26.6. The highest BCUT2D eigenvalue weighted by atomic mass is 79.9. The molecule has 0 saturated carbocycles. The first-order valence-electron chi connectivity index (χ1n) is 5.04. The van der Waals surface area contributed by atoms with E-state index in [4.69, 9.17) is 11.6 Å². The van der Waals surface area contributed by atoms with Gasteiger partial charge in [0.1, 0.15) is 0 Å². The van der Waals surface area contributed by atoms with E-state index in [9.17, 15) is 8.42 Å². The number of hydrogen-bond acceptors (Lipinski definition) is 3. The molecule has 0 radical (unpaired) electrons. The zero-order valence-corrected chi connectivity index (χ0v) is 12.6. The second-order valence-corrected chi connectivity index (χ2v) is 7.02. The van der Waals surface area contributed by atoms with Crippen LogP contribution < -0.4 is 0 Å². The summed E-state index contributed by atoms with van der Waals surface area (Å²) >= 11 is 9.28. The zero-order chi connectivity index (χ0) is 13.3. The largest absolute Gasteiger partial charge is 0.325 e. The normalized spacial score (nSPS) is 11.7. The van der Waals surface area contributed by atoms with Gasteiger partial charge in [-0.05, 0) is 23.8 Å². The summed E-state index contributed by atoms with van der Waals surface area (Å²) in [5.74, 6) is -0.171. The molecule has 0 aliphatic rings. The molecule has 0 unspecified atom stereocenters. The van der Waals surface area contributed by atoms with Gasteiger partial charge in [0.2, 0.25) is 15.0 Å². The predicted molar refractivity (Wildman–Crippen MR) is 73.2 cm³/mol. The van der Waals surface area contributed by atoms with Crippen molar-refractivity contribution >= 4 is 37.4 Å². The molecule has 18 heavy (non-hydrogen) atoms. The van der Waals surface area contributed by atoms with Gasteiger partial charge in [-0.15, -0.1) is 0 Å². The van der Waals surface area contributed by atoms with Gasteiger partial charge < -0.3 is 4.57 Å². The van der Waals surface area contributed by atoms with Gasteiger partial charge in [0.25, 0.3) is 0 Å². The molecule has 1 aromatic heterocycles. The lowest BCUT2D eigenvalue weighted by molar-refractivity contribution is 0.578. The fourth-order valence-corrected chi connectivity index (χ4v) is 3.75. The van der Waals surface area contributed by atoms with Crippen LogP contribution in [0.2, 0.25) is 5.02 Å². The number of halogens is 2. The highest BCUT2D eigenvalue weighted by Gasteiger charge is 2.21. The molecular weight excluding hydrogens is 340 g/mol. The molecule has 1 heterocycles. The summed E-state index contributed by atoms with van der Waals surface area (Å²) in [7, 11) is -1.85. The first-order chi connectivity index (χ1) is 8.40. The Labute approximate surface area is 119 Å². The molecule has 96 valence electrons.